The molecule has 0 amide bonds. The van der Waals surface area contributed by atoms with Crippen LogP contribution in [0, 0.1) is 0 Å². The minimum atomic E-state index is -7.61. The Morgan fingerprint density at radius 3 is 1.52 bits per heavy atom. The van der Waals surface area contributed by atoms with Crippen molar-refractivity contribution in [1.29, 1.82) is 0 Å². The van der Waals surface area contributed by atoms with E-state index in [1.165, 1.54) is 0 Å². The summed E-state index contributed by atoms with van der Waals surface area (Å²) in [6.45, 7) is 2.69. The summed E-state index contributed by atoms with van der Waals surface area (Å²) < 4.78 is 140. The second kappa shape index (κ2) is 6.61. The van der Waals surface area contributed by atoms with Crippen LogP contribution in [0.15, 0.2) is 12.2 Å². The molecule has 0 aliphatic carbocycles. The van der Waals surface area contributed by atoms with Gasteiger partial charge in [0.1, 0.15) is 0 Å². The van der Waals surface area contributed by atoms with Crippen LogP contribution >= 0.6 is 0 Å². The van der Waals surface area contributed by atoms with E-state index in [0.717, 1.165) is 0 Å². The third-order valence-corrected chi connectivity index (χ3v) is 2.95. The Bertz CT molecular complexity index is 506. The van der Waals surface area contributed by atoms with Crippen molar-refractivity contribution in [2.45, 2.75) is 48.8 Å². The van der Waals surface area contributed by atoms with E-state index in [1.807, 2.05) is 0 Å². The topological polar surface area (TPSA) is 57.5 Å². The molecule has 2 N–H and O–H groups in total. The highest BCUT2D eigenvalue weighted by atomic mass is 19.4. The number of aliphatic hydroxyl groups is 1. The number of aliphatic carboxylic acids is 1. The predicted octanol–water partition coefficient (Wildman–Crippen LogP) is 3.87. The van der Waals surface area contributed by atoms with Crippen LogP contribution < -0.4 is 0 Å². The maximum atomic E-state index is 13.3. The van der Waals surface area contributed by atoms with E-state index in [9.17, 15) is 53.1 Å². The van der Waals surface area contributed by atoms with Crippen molar-refractivity contribution >= 4 is 5.97 Å². The SMILES string of the molecule is C=C(CC(O)CC(F)(F)C(F)(F)C(F)(C(F)(F)F)C(F)(F)F)C(=O)O. The molecular weight excluding hydrogens is 389 g/mol. The Balaban J connectivity index is 5.86. The highest BCUT2D eigenvalue weighted by Gasteiger charge is 2.89. The van der Waals surface area contributed by atoms with Crippen molar-refractivity contribution < 1.29 is 63.3 Å². The minimum absolute atomic E-state index is 1.05. The first-order valence-electron chi connectivity index (χ1n) is 5.89. The normalized spacial score (nSPS) is 15.8. The van der Waals surface area contributed by atoms with Gasteiger partial charge in [-0.2, -0.15) is 43.9 Å². The quantitative estimate of drug-likeness (QED) is 0.506. The van der Waals surface area contributed by atoms with Crippen LogP contribution in [-0.4, -0.2) is 52.2 Å². The molecule has 0 aliphatic heterocycles. The summed E-state index contributed by atoms with van der Waals surface area (Å²) in [5.41, 5.74) is -8.66. The molecule has 0 spiro atoms. The molecule has 0 fully saturated rings. The Kier molecular flexibility index (Phi) is 6.19. The van der Waals surface area contributed by atoms with E-state index in [4.69, 9.17) is 10.2 Å². The lowest BCUT2D eigenvalue weighted by atomic mass is 9.87. The Morgan fingerprint density at radius 2 is 1.24 bits per heavy atom. The van der Waals surface area contributed by atoms with Crippen LogP contribution in [0.2, 0.25) is 0 Å². The number of aliphatic hydroxyl groups excluding tert-OH is 1. The number of carboxylic acid groups (broad SMARTS) is 1. The van der Waals surface area contributed by atoms with Crippen LogP contribution in [-0.2, 0) is 4.79 Å². The Hall–Kier alpha value is -1.60. The summed E-state index contributed by atoms with van der Waals surface area (Å²) in [6.07, 6.45) is -21.9. The molecule has 0 aromatic carbocycles. The number of alkyl halides is 11. The molecule has 0 radical (unpaired) electrons. The van der Waals surface area contributed by atoms with E-state index in [-0.39, 0.29) is 0 Å². The van der Waals surface area contributed by atoms with E-state index in [0.29, 0.717) is 0 Å². The summed E-state index contributed by atoms with van der Waals surface area (Å²) in [6, 6.07) is 0. The average molecular weight is 398 g/mol. The molecule has 0 rings (SSSR count). The standard InChI is InChI=1S/C11H9F11O3/c1-4(6(24)25)2-5(23)3-7(12,13)9(15,16)8(14,10(17,18)19)11(20,21)22/h5,23H,1-3H2,(H,24,25). The maximum Gasteiger partial charge on any atom is 0.438 e. The van der Waals surface area contributed by atoms with Crippen LogP contribution in [0.4, 0.5) is 48.3 Å². The van der Waals surface area contributed by atoms with E-state index in [1.54, 1.807) is 0 Å². The van der Waals surface area contributed by atoms with Crippen molar-refractivity contribution in [3.63, 3.8) is 0 Å². The van der Waals surface area contributed by atoms with Gasteiger partial charge in [-0.25, -0.2) is 9.18 Å². The zero-order valence-electron chi connectivity index (χ0n) is 11.7. The number of carbonyl (C=O) groups is 1. The Labute approximate surface area is 131 Å². The van der Waals surface area contributed by atoms with Gasteiger partial charge < -0.3 is 10.2 Å². The zero-order valence-corrected chi connectivity index (χ0v) is 11.7. The maximum absolute atomic E-state index is 13.3. The van der Waals surface area contributed by atoms with Crippen LogP contribution in [0.1, 0.15) is 12.8 Å². The molecule has 0 saturated carbocycles. The van der Waals surface area contributed by atoms with Gasteiger partial charge in [-0.15, -0.1) is 0 Å². The van der Waals surface area contributed by atoms with Crippen molar-refractivity contribution in [2.24, 2.45) is 0 Å². The van der Waals surface area contributed by atoms with Gasteiger partial charge in [-0.1, -0.05) is 6.58 Å². The van der Waals surface area contributed by atoms with Gasteiger partial charge in [0.2, 0.25) is 0 Å². The zero-order chi connectivity index (χ0) is 20.6. The smallest absolute Gasteiger partial charge is 0.438 e. The van der Waals surface area contributed by atoms with Gasteiger partial charge in [0.25, 0.3) is 0 Å². The summed E-state index contributed by atoms with van der Waals surface area (Å²) in [5.74, 6) is -15.6. The highest BCUT2D eigenvalue weighted by Crippen LogP contribution is 2.59. The molecule has 1 atom stereocenters. The van der Waals surface area contributed by atoms with E-state index < -0.39 is 60.4 Å². The average Bonchev–Trinajstić information content (AvgIpc) is 2.33. The van der Waals surface area contributed by atoms with Crippen molar-refractivity contribution in [3.05, 3.63) is 12.2 Å². The summed E-state index contributed by atoms with van der Waals surface area (Å²) in [5, 5.41) is 17.3. The molecule has 1 unspecified atom stereocenters. The van der Waals surface area contributed by atoms with Gasteiger partial charge in [-0.3, -0.25) is 0 Å². The number of hydrogen-bond acceptors (Lipinski definition) is 2. The molecule has 0 bridgehead atoms. The lowest BCUT2D eigenvalue weighted by Gasteiger charge is -2.40. The number of hydrogen-bond donors (Lipinski definition) is 2. The minimum Gasteiger partial charge on any atom is -0.478 e. The summed E-state index contributed by atoms with van der Waals surface area (Å²) in [4.78, 5) is 10.3. The van der Waals surface area contributed by atoms with Crippen molar-refractivity contribution in [3.8, 4) is 0 Å². The summed E-state index contributed by atoms with van der Waals surface area (Å²) in [7, 11) is 0. The van der Waals surface area contributed by atoms with Gasteiger partial charge in [0.15, 0.2) is 0 Å². The number of rotatable bonds is 7. The van der Waals surface area contributed by atoms with Gasteiger partial charge in [0.05, 0.1) is 6.10 Å². The third-order valence-electron chi connectivity index (χ3n) is 2.95. The molecular formula is C11H9F11O3. The van der Waals surface area contributed by atoms with Crippen LogP contribution in [0.5, 0.6) is 0 Å². The number of halogens is 11. The van der Waals surface area contributed by atoms with Gasteiger partial charge >= 0.3 is 35.8 Å². The fourth-order valence-electron chi connectivity index (χ4n) is 1.64. The first kappa shape index (κ1) is 23.4. The molecule has 14 heteroatoms. The third kappa shape index (κ3) is 4.15. The lowest BCUT2D eigenvalue weighted by molar-refractivity contribution is -0.428. The second-order valence-electron chi connectivity index (χ2n) is 4.90. The van der Waals surface area contributed by atoms with Gasteiger partial charge in [0, 0.05) is 18.4 Å². The van der Waals surface area contributed by atoms with Crippen molar-refractivity contribution in [2.75, 3.05) is 0 Å². The van der Waals surface area contributed by atoms with Crippen LogP contribution in [0.3, 0.4) is 0 Å². The molecule has 0 aliphatic rings. The molecule has 0 saturated heterocycles. The highest BCUT2D eigenvalue weighted by molar-refractivity contribution is 5.85. The lowest BCUT2D eigenvalue weighted by Crippen LogP contribution is -2.70. The van der Waals surface area contributed by atoms with Gasteiger partial charge in [-0.05, 0) is 0 Å². The Morgan fingerprint density at radius 1 is 0.880 bits per heavy atom. The fourth-order valence-corrected chi connectivity index (χ4v) is 1.64. The molecule has 148 valence electrons. The first-order chi connectivity index (χ1) is 10.7. The van der Waals surface area contributed by atoms with Crippen LogP contribution in [0.25, 0.3) is 0 Å². The van der Waals surface area contributed by atoms with E-state index >= 15 is 0 Å². The largest absolute Gasteiger partial charge is 0.478 e. The monoisotopic (exact) mass is 398 g/mol. The number of carboxylic acids is 1. The molecule has 3 nitrogen and oxygen atoms in total. The molecule has 0 heterocycles. The van der Waals surface area contributed by atoms with E-state index in [2.05, 4.69) is 6.58 Å². The predicted molar refractivity (Wildman–Crippen MR) is 57.9 cm³/mol. The first-order valence-corrected chi connectivity index (χ1v) is 5.89. The molecule has 25 heavy (non-hydrogen) atoms. The molecule has 0 aromatic heterocycles. The second-order valence-corrected chi connectivity index (χ2v) is 4.90. The fraction of sp³-hybridized carbons (Fsp3) is 0.727. The summed E-state index contributed by atoms with van der Waals surface area (Å²) >= 11 is 0. The molecule has 0 aromatic rings. The van der Waals surface area contributed by atoms with Crippen molar-refractivity contribution in [1.82, 2.24) is 0 Å².